The number of carbonyl (C=O) groups is 2. The maximum absolute atomic E-state index is 12.3. The number of amides is 1. The Morgan fingerprint density at radius 3 is 2.53 bits per heavy atom. The Labute approximate surface area is 178 Å². The number of hydrogen-bond acceptors (Lipinski definition) is 4. The van der Waals surface area contributed by atoms with Gasteiger partial charge in [0.25, 0.3) is 0 Å². The summed E-state index contributed by atoms with van der Waals surface area (Å²) in [5.74, 6) is 0.961. The monoisotopic (exact) mass is 411 g/mol. The van der Waals surface area contributed by atoms with Gasteiger partial charge in [-0.25, -0.2) is 4.79 Å². The standard InChI is InChI=1S/C24H33N3O3/c28-23(17-8-9-17)25-12-22-20-11-19(21-3-1-2-10-27(21)22)14-26(15-20)13-16-4-6-18(7-5-16)24(29)30/h4-7,17,19-22H,1-3,8-15H2,(H,25,28)(H,29,30)/t19-,20+,21+,22+/m1/s1. The predicted molar refractivity (Wildman–Crippen MR) is 114 cm³/mol. The molecular weight excluding hydrogens is 378 g/mol. The number of likely N-dealkylation sites (tertiary alicyclic amines) is 1. The largest absolute Gasteiger partial charge is 0.478 e. The minimum Gasteiger partial charge on any atom is -0.478 e. The molecule has 3 saturated heterocycles. The lowest BCUT2D eigenvalue weighted by atomic mass is 9.72. The third-order valence-electron chi connectivity index (χ3n) is 7.74. The van der Waals surface area contributed by atoms with Crippen molar-refractivity contribution in [2.75, 3.05) is 26.2 Å². The minimum absolute atomic E-state index is 0.261. The lowest BCUT2D eigenvalue weighted by Gasteiger charge is -2.57. The summed E-state index contributed by atoms with van der Waals surface area (Å²) in [4.78, 5) is 28.7. The molecule has 3 aliphatic heterocycles. The molecule has 1 aliphatic carbocycles. The Kier molecular flexibility index (Phi) is 5.54. The third kappa shape index (κ3) is 4.12. The number of piperidine rings is 3. The van der Waals surface area contributed by atoms with Crippen LogP contribution in [-0.4, -0.2) is 65.0 Å². The molecule has 6 nitrogen and oxygen atoms in total. The molecule has 4 atom stereocenters. The summed E-state index contributed by atoms with van der Waals surface area (Å²) in [5, 5.41) is 12.4. The van der Waals surface area contributed by atoms with Crippen LogP contribution in [0.1, 0.15) is 54.4 Å². The second kappa shape index (κ2) is 8.31. The number of fused-ring (bicyclic) bond motifs is 4. The van der Waals surface area contributed by atoms with Gasteiger partial charge in [0.1, 0.15) is 0 Å². The summed E-state index contributed by atoms with van der Waals surface area (Å²) in [5.41, 5.74) is 1.53. The first-order valence-electron chi connectivity index (χ1n) is 11.7. The molecule has 0 radical (unpaired) electrons. The van der Waals surface area contributed by atoms with Crippen molar-refractivity contribution < 1.29 is 14.7 Å². The van der Waals surface area contributed by atoms with E-state index in [0.717, 1.165) is 39.0 Å². The number of benzene rings is 1. The Morgan fingerprint density at radius 2 is 1.80 bits per heavy atom. The molecule has 1 amide bonds. The highest BCUT2D eigenvalue weighted by atomic mass is 16.4. The van der Waals surface area contributed by atoms with Crippen molar-refractivity contribution in [3.8, 4) is 0 Å². The van der Waals surface area contributed by atoms with E-state index in [1.54, 1.807) is 12.1 Å². The van der Waals surface area contributed by atoms with E-state index >= 15 is 0 Å². The Bertz CT molecular complexity index is 791. The minimum atomic E-state index is -0.873. The van der Waals surface area contributed by atoms with Gasteiger partial charge in [0.05, 0.1) is 5.56 Å². The number of nitrogens with one attached hydrogen (secondary N) is 1. The normalized spacial score (nSPS) is 31.7. The molecule has 0 spiro atoms. The van der Waals surface area contributed by atoms with Crippen molar-refractivity contribution in [2.45, 2.75) is 57.2 Å². The van der Waals surface area contributed by atoms with Crippen molar-refractivity contribution >= 4 is 11.9 Å². The molecule has 1 aromatic rings. The van der Waals surface area contributed by atoms with Crippen molar-refractivity contribution in [3.05, 3.63) is 35.4 Å². The molecule has 4 fully saturated rings. The van der Waals surface area contributed by atoms with E-state index in [9.17, 15) is 9.59 Å². The van der Waals surface area contributed by atoms with Crippen LogP contribution in [0.2, 0.25) is 0 Å². The van der Waals surface area contributed by atoms with Crippen LogP contribution >= 0.6 is 0 Å². The maximum atomic E-state index is 12.3. The summed E-state index contributed by atoms with van der Waals surface area (Å²) >= 11 is 0. The van der Waals surface area contributed by atoms with Crippen LogP contribution < -0.4 is 5.32 Å². The van der Waals surface area contributed by atoms with Crippen molar-refractivity contribution in [3.63, 3.8) is 0 Å². The third-order valence-corrected chi connectivity index (χ3v) is 7.74. The predicted octanol–water partition coefficient (Wildman–Crippen LogP) is 2.59. The van der Waals surface area contributed by atoms with E-state index in [4.69, 9.17) is 5.11 Å². The number of carboxylic acid groups (broad SMARTS) is 1. The number of rotatable bonds is 6. The van der Waals surface area contributed by atoms with Gasteiger partial charge in [-0.1, -0.05) is 18.6 Å². The van der Waals surface area contributed by atoms with E-state index in [2.05, 4.69) is 15.1 Å². The molecule has 3 heterocycles. The molecule has 1 aromatic carbocycles. The number of carbonyl (C=O) groups excluding carboxylic acids is 1. The second-order valence-electron chi connectivity index (χ2n) is 9.84. The molecule has 5 rings (SSSR count). The van der Waals surface area contributed by atoms with Crippen molar-refractivity contribution in [2.24, 2.45) is 17.8 Å². The average molecular weight is 412 g/mol. The zero-order valence-electron chi connectivity index (χ0n) is 17.6. The molecule has 162 valence electrons. The molecule has 0 unspecified atom stereocenters. The zero-order valence-corrected chi connectivity index (χ0v) is 17.6. The highest BCUT2D eigenvalue weighted by Gasteiger charge is 2.47. The number of hydrogen-bond donors (Lipinski definition) is 2. The molecular formula is C24H33N3O3. The summed E-state index contributed by atoms with van der Waals surface area (Å²) < 4.78 is 0. The molecule has 30 heavy (non-hydrogen) atoms. The molecule has 2 bridgehead atoms. The van der Waals surface area contributed by atoms with Crippen LogP contribution in [0.15, 0.2) is 24.3 Å². The van der Waals surface area contributed by atoms with Crippen LogP contribution in [-0.2, 0) is 11.3 Å². The Hall–Kier alpha value is -1.92. The fourth-order valence-electron chi connectivity index (χ4n) is 6.12. The highest BCUT2D eigenvalue weighted by Crippen LogP contribution is 2.41. The molecule has 0 aromatic heterocycles. The average Bonchev–Trinajstić information content (AvgIpc) is 3.59. The number of carboxylic acids is 1. The van der Waals surface area contributed by atoms with Gasteiger partial charge in [-0.05, 0) is 68.2 Å². The SMILES string of the molecule is O=C(O)c1ccc(CN2C[C@H]3C[C@@H](C2)[C@H](CNC(=O)C2CC2)N2CCCC[C@@H]32)cc1. The first kappa shape index (κ1) is 20.0. The second-order valence-corrected chi connectivity index (χ2v) is 9.84. The maximum Gasteiger partial charge on any atom is 0.335 e. The van der Waals surface area contributed by atoms with Crippen LogP contribution in [0.3, 0.4) is 0 Å². The van der Waals surface area contributed by atoms with Crippen LogP contribution in [0.5, 0.6) is 0 Å². The van der Waals surface area contributed by atoms with Crippen LogP contribution in [0, 0.1) is 17.8 Å². The van der Waals surface area contributed by atoms with Gasteiger partial charge < -0.3 is 10.4 Å². The summed E-state index contributed by atoms with van der Waals surface area (Å²) in [6.45, 7) is 5.04. The Balaban J connectivity index is 1.28. The zero-order chi connectivity index (χ0) is 20.7. The molecule has 4 aliphatic rings. The van der Waals surface area contributed by atoms with Gasteiger partial charge in [0.2, 0.25) is 5.91 Å². The van der Waals surface area contributed by atoms with Gasteiger partial charge in [0.15, 0.2) is 0 Å². The molecule has 1 saturated carbocycles. The Morgan fingerprint density at radius 1 is 1.03 bits per heavy atom. The first-order chi connectivity index (χ1) is 14.6. The molecule has 2 N–H and O–H groups in total. The highest BCUT2D eigenvalue weighted by molar-refractivity contribution is 5.87. The van der Waals surface area contributed by atoms with E-state index in [1.165, 1.54) is 37.8 Å². The number of aromatic carboxylic acids is 1. The van der Waals surface area contributed by atoms with Gasteiger partial charge in [0, 0.05) is 44.2 Å². The quantitative estimate of drug-likeness (QED) is 0.753. The van der Waals surface area contributed by atoms with Crippen molar-refractivity contribution in [1.82, 2.24) is 15.1 Å². The van der Waals surface area contributed by atoms with E-state index in [0.29, 0.717) is 29.5 Å². The summed E-state index contributed by atoms with van der Waals surface area (Å²) in [6, 6.07) is 8.42. The lowest BCUT2D eigenvalue weighted by Crippen LogP contribution is -2.65. The van der Waals surface area contributed by atoms with Crippen molar-refractivity contribution in [1.29, 1.82) is 0 Å². The van der Waals surface area contributed by atoms with E-state index in [-0.39, 0.29) is 11.8 Å². The fraction of sp³-hybridized carbons (Fsp3) is 0.667. The summed E-state index contributed by atoms with van der Waals surface area (Å²) in [6.07, 6.45) is 7.28. The first-order valence-corrected chi connectivity index (χ1v) is 11.7. The van der Waals surface area contributed by atoms with E-state index < -0.39 is 5.97 Å². The smallest absolute Gasteiger partial charge is 0.335 e. The number of nitrogens with zero attached hydrogens (tertiary/aromatic N) is 2. The molecule has 6 heteroatoms. The van der Waals surface area contributed by atoms with E-state index in [1.807, 2.05) is 12.1 Å². The lowest BCUT2D eigenvalue weighted by molar-refractivity contribution is -0.123. The van der Waals surface area contributed by atoms with Crippen LogP contribution in [0.4, 0.5) is 0 Å². The van der Waals surface area contributed by atoms with Crippen LogP contribution in [0.25, 0.3) is 0 Å². The fourth-order valence-corrected chi connectivity index (χ4v) is 6.12. The summed E-state index contributed by atoms with van der Waals surface area (Å²) in [7, 11) is 0. The van der Waals surface area contributed by atoms with Gasteiger partial charge in [-0.15, -0.1) is 0 Å². The topological polar surface area (TPSA) is 72.9 Å². The van der Waals surface area contributed by atoms with Gasteiger partial charge in [-0.2, -0.15) is 0 Å². The van der Waals surface area contributed by atoms with Gasteiger partial charge >= 0.3 is 5.97 Å². The van der Waals surface area contributed by atoms with Gasteiger partial charge in [-0.3, -0.25) is 14.6 Å².